The predicted molar refractivity (Wildman–Crippen MR) is 54.0 cm³/mol. The molecule has 0 spiro atoms. The molecule has 72 valence electrons. The van der Waals surface area contributed by atoms with Gasteiger partial charge in [-0.3, -0.25) is 4.79 Å². The van der Waals surface area contributed by atoms with Crippen molar-refractivity contribution in [2.45, 2.75) is 0 Å². The highest BCUT2D eigenvalue weighted by Crippen LogP contribution is 2.13. The number of hydrogen-bond donors (Lipinski definition) is 1. The Labute approximate surface area is 79.6 Å². The van der Waals surface area contributed by atoms with E-state index in [0.717, 1.165) is 0 Å². The van der Waals surface area contributed by atoms with Gasteiger partial charge in [-0.25, -0.2) is 4.98 Å². The monoisotopic (exact) mass is 190 g/mol. The fourth-order valence-electron chi connectivity index (χ4n) is 1.27. The highest BCUT2D eigenvalue weighted by atomic mass is 16.5. The number of aromatic nitrogens is 2. The molecule has 0 aliphatic heterocycles. The van der Waals surface area contributed by atoms with E-state index in [9.17, 15) is 10.0 Å². The average molecular weight is 190 g/mol. The normalized spacial score (nSPS) is 10.4. The second-order valence-electron chi connectivity index (χ2n) is 2.99. The summed E-state index contributed by atoms with van der Waals surface area (Å²) in [5, 5.41) is 10.8. The molecule has 0 bridgehead atoms. The van der Waals surface area contributed by atoms with Crippen LogP contribution < -0.4 is 11.0 Å². The van der Waals surface area contributed by atoms with Crippen molar-refractivity contribution >= 4 is 16.6 Å². The van der Waals surface area contributed by atoms with Crippen LogP contribution in [0.1, 0.15) is 0 Å². The Kier molecular flexibility index (Phi) is 1.94. The molecular weight excluding hydrogens is 182 g/mol. The number of nitrogens with zero attached hydrogens (tertiary/aromatic N) is 2. The van der Waals surface area contributed by atoms with Crippen LogP contribution in [-0.4, -0.2) is 9.55 Å². The highest BCUT2D eigenvalue weighted by molar-refractivity contribution is 5.81. The van der Waals surface area contributed by atoms with E-state index >= 15 is 0 Å². The van der Waals surface area contributed by atoms with E-state index in [2.05, 4.69) is 4.98 Å². The number of rotatable bonds is 1. The first-order valence-corrected chi connectivity index (χ1v) is 4.06. The summed E-state index contributed by atoms with van der Waals surface area (Å²) >= 11 is 0. The maximum atomic E-state index is 11.6. The van der Waals surface area contributed by atoms with Gasteiger partial charge in [0.25, 0.3) is 5.56 Å². The lowest BCUT2D eigenvalue weighted by Gasteiger charge is -2.09. The van der Waals surface area contributed by atoms with Gasteiger partial charge in [-0.15, -0.1) is 0 Å². The van der Waals surface area contributed by atoms with E-state index in [-0.39, 0.29) is 5.56 Å². The van der Waals surface area contributed by atoms with Gasteiger partial charge in [0.15, 0.2) is 0 Å². The van der Waals surface area contributed by atoms with E-state index in [4.69, 9.17) is 0 Å². The molecule has 0 saturated carbocycles. The molecule has 0 amide bonds. The third kappa shape index (κ3) is 1.23. The quantitative estimate of drug-likeness (QED) is 0.676. The van der Waals surface area contributed by atoms with E-state index in [1.807, 2.05) is 0 Å². The Bertz CT molecular complexity index is 533. The number of fused-ring (bicyclic) bond motifs is 1. The van der Waals surface area contributed by atoms with Gasteiger partial charge >= 0.3 is 0 Å². The van der Waals surface area contributed by atoms with Crippen LogP contribution in [-0.2, 0) is 7.05 Å². The Morgan fingerprint density at radius 3 is 3.00 bits per heavy atom. The fraction of sp³-hybridized carbons (Fsp3) is 0.111. The number of nitrogens with one attached hydrogen (secondary N) is 1. The molecule has 5 heteroatoms. The van der Waals surface area contributed by atoms with Crippen LogP contribution in [0.25, 0.3) is 10.9 Å². The summed E-state index contributed by atoms with van der Waals surface area (Å²) in [5.74, 6) is 0. The van der Waals surface area contributed by atoms with Gasteiger partial charge in [0, 0.05) is 12.7 Å². The molecule has 5 nitrogen and oxygen atoms in total. The molecule has 0 fully saturated rings. The van der Waals surface area contributed by atoms with Crippen LogP contribution in [0, 0.1) is 5.21 Å². The molecule has 0 atom stereocenters. The third-order valence-corrected chi connectivity index (χ3v) is 2.04. The summed E-state index contributed by atoms with van der Waals surface area (Å²) in [6.07, 6.45) is 1.45. The molecule has 14 heavy (non-hydrogen) atoms. The summed E-state index contributed by atoms with van der Waals surface area (Å²) in [6.45, 7) is 0. The average Bonchev–Trinajstić information content (AvgIpc) is 2.23. The number of benzene rings is 1. The van der Waals surface area contributed by atoms with Gasteiger partial charge in [0.1, 0.15) is 0 Å². The Morgan fingerprint density at radius 1 is 1.50 bits per heavy atom. The van der Waals surface area contributed by atoms with Crippen molar-refractivity contribution in [2.75, 3.05) is 5.48 Å². The zero-order valence-electron chi connectivity index (χ0n) is 7.52. The number of anilines is 1. The van der Waals surface area contributed by atoms with E-state index < -0.39 is 0 Å². The molecule has 0 saturated heterocycles. The van der Waals surface area contributed by atoms with Gasteiger partial charge in [-0.2, -0.15) is 0 Å². The van der Waals surface area contributed by atoms with E-state index in [1.165, 1.54) is 17.0 Å². The lowest BCUT2D eigenvalue weighted by Crippen LogP contribution is -2.16. The first-order chi connectivity index (χ1) is 6.72. The standard InChI is InChI=1S/C9H8N3O2/c1-12-5-10-8-3-2-6(11-14)4-7(8)9(12)13/h2-5,11H,1H3/q-1. The summed E-state index contributed by atoms with van der Waals surface area (Å²) in [5.41, 5.74) is 2.53. The lowest BCUT2D eigenvalue weighted by atomic mass is 10.2. The Hall–Kier alpha value is -1.88. The number of hydrogen-bond acceptors (Lipinski definition) is 4. The zero-order chi connectivity index (χ0) is 10.1. The second kappa shape index (κ2) is 3.12. The molecular formula is C9H8N3O2-. The molecule has 0 aliphatic carbocycles. The maximum absolute atomic E-state index is 11.6. The molecule has 1 aromatic heterocycles. The maximum Gasteiger partial charge on any atom is 0.260 e. The van der Waals surface area contributed by atoms with Crippen molar-refractivity contribution < 1.29 is 0 Å². The smallest absolute Gasteiger partial charge is 0.260 e. The fourth-order valence-corrected chi connectivity index (χ4v) is 1.27. The molecule has 0 radical (unpaired) electrons. The van der Waals surface area contributed by atoms with Crippen molar-refractivity contribution in [3.63, 3.8) is 0 Å². The largest absolute Gasteiger partial charge is 0.761 e. The zero-order valence-corrected chi connectivity index (χ0v) is 7.52. The second-order valence-corrected chi connectivity index (χ2v) is 2.99. The van der Waals surface area contributed by atoms with Gasteiger partial charge in [0.05, 0.1) is 17.2 Å². The van der Waals surface area contributed by atoms with Crippen LogP contribution >= 0.6 is 0 Å². The van der Waals surface area contributed by atoms with Crippen molar-refractivity contribution in [3.05, 3.63) is 40.1 Å². The molecule has 0 unspecified atom stereocenters. The molecule has 2 rings (SSSR count). The molecule has 0 aliphatic rings. The van der Waals surface area contributed by atoms with Crippen LogP contribution in [0.4, 0.5) is 5.69 Å². The Balaban J connectivity index is 2.85. The third-order valence-electron chi connectivity index (χ3n) is 2.04. The molecule has 1 N–H and O–H groups in total. The van der Waals surface area contributed by atoms with Gasteiger partial charge < -0.3 is 15.3 Å². The van der Waals surface area contributed by atoms with Crippen molar-refractivity contribution in [2.24, 2.45) is 7.05 Å². The van der Waals surface area contributed by atoms with Crippen LogP contribution in [0.2, 0.25) is 0 Å². The van der Waals surface area contributed by atoms with Crippen molar-refractivity contribution in [1.82, 2.24) is 9.55 Å². The SMILES string of the molecule is Cn1cnc2ccc(N[O-])cc2c1=O. The van der Waals surface area contributed by atoms with Crippen molar-refractivity contribution in [1.29, 1.82) is 0 Å². The highest BCUT2D eigenvalue weighted by Gasteiger charge is 2.01. The Morgan fingerprint density at radius 2 is 2.29 bits per heavy atom. The summed E-state index contributed by atoms with van der Waals surface area (Å²) in [6, 6.07) is 4.72. The minimum atomic E-state index is -0.160. The number of aryl methyl sites for hydroxylation is 1. The lowest BCUT2D eigenvalue weighted by molar-refractivity contribution is 0.843. The summed E-state index contributed by atoms with van der Waals surface area (Å²) in [7, 11) is 1.62. The molecule has 1 aromatic carbocycles. The predicted octanol–water partition coefficient (Wildman–Crippen LogP) is 0.843. The minimum absolute atomic E-state index is 0.160. The van der Waals surface area contributed by atoms with E-state index in [1.54, 1.807) is 24.7 Å². The molecule has 2 aromatic rings. The topological polar surface area (TPSA) is 70.0 Å². The first-order valence-electron chi connectivity index (χ1n) is 4.06. The van der Waals surface area contributed by atoms with Crippen molar-refractivity contribution in [3.8, 4) is 0 Å². The summed E-state index contributed by atoms with van der Waals surface area (Å²) < 4.78 is 1.37. The minimum Gasteiger partial charge on any atom is -0.761 e. The molecule has 1 heterocycles. The van der Waals surface area contributed by atoms with Crippen LogP contribution in [0.15, 0.2) is 29.3 Å². The van der Waals surface area contributed by atoms with E-state index in [0.29, 0.717) is 16.6 Å². The first kappa shape index (κ1) is 8.71. The van der Waals surface area contributed by atoms with Gasteiger partial charge in [-0.1, -0.05) is 0 Å². The van der Waals surface area contributed by atoms with Crippen LogP contribution in [0.5, 0.6) is 0 Å². The van der Waals surface area contributed by atoms with Gasteiger partial charge in [0.2, 0.25) is 0 Å². The summed E-state index contributed by atoms with van der Waals surface area (Å²) in [4.78, 5) is 15.6. The van der Waals surface area contributed by atoms with Crippen LogP contribution in [0.3, 0.4) is 0 Å². The van der Waals surface area contributed by atoms with Gasteiger partial charge in [-0.05, 0) is 18.2 Å².